The molecule has 0 saturated carbocycles. The van der Waals surface area contributed by atoms with Crippen molar-refractivity contribution in [1.29, 1.82) is 0 Å². The van der Waals surface area contributed by atoms with E-state index in [4.69, 9.17) is 4.42 Å². The van der Waals surface area contributed by atoms with Gasteiger partial charge in [0.25, 0.3) is 5.22 Å². The van der Waals surface area contributed by atoms with Gasteiger partial charge in [0.15, 0.2) is 0 Å². The molecule has 130 valence electrons. The summed E-state index contributed by atoms with van der Waals surface area (Å²) in [5, 5.41) is 8.95. The van der Waals surface area contributed by atoms with Gasteiger partial charge in [-0.3, -0.25) is 0 Å². The van der Waals surface area contributed by atoms with E-state index in [-0.39, 0.29) is 0 Å². The first kappa shape index (κ1) is 17.5. The van der Waals surface area contributed by atoms with E-state index in [0.717, 1.165) is 30.8 Å². The molecule has 1 heterocycles. The second kappa shape index (κ2) is 8.72. The van der Waals surface area contributed by atoms with Gasteiger partial charge in [-0.1, -0.05) is 42.1 Å². The lowest BCUT2D eigenvalue weighted by molar-refractivity contribution is 0.466. The number of thioether (sulfide) groups is 1. The van der Waals surface area contributed by atoms with Crippen LogP contribution in [0.25, 0.3) is 11.5 Å². The molecule has 0 spiro atoms. The molecule has 3 aromatic rings. The molecule has 0 N–H and O–H groups in total. The van der Waals surface area contributed by atoms with Crippen LogP contribution in [0.4, 0.5) is 5.69 Å². The summed E-state index contributed by atoms with van der Waals surface area (Å²) in [7, 11) is 0. The van der Waals surface area contributed by atoms with Crippen LogP contribution in [0.3, 0.4) is 0 Å². The minimum Gasteiger partial charge on any atom is -0.411 e. The standard InChI is InChI=1S/C20H23N3OS/c1-3-23(4-2)18-12-10-17(11-13-18)19-21-22-20(24-19)25-15-14-16-8-6-5-7-9-16/h5-13H,3-4,14-15H2,1-2H3. The molecular formula is C20H23N3OS. The van der Waals surface area contributed by atoms with Crippen molar-refractivity contribution in [3.05, 3.63) is 60.2 Å². The second-order valence-corrected chi connectivity index (χ2v) is 6.72. The number of anilines is 1. The van der Waals surface area contributed by atoms with Gasteiger partial charge in [0.05, 0.1) is 0 Å². The number of rotatable bonds is 8. The highest BCUT2D eigenvalue weighted by Crippen LogP contribution is 2.25. The van der Waals surface area contributed by atoms with Crippen LogP contribution in [0.5, 0.6) is 0 Å². The molecule has 5 heteroatoms. The third-order valence-electron chi connectivity index (χ3n) is 4.11. The van der Waals surface area contributed by atoms with Crippen molar-refractivity contribution in [3.63, 3.8) is 0 Å². The van der Waals surface area contributed by atoms with Crippen LogP contribution in [-0.4, -0.2) is 29.0 Å². The van der Waals surface area contributed by atoms with Gasteiger partial charge in [-0.25, -0.2) is 0 Å². The molecule has 0 bridgehead atoms. The van der Waals surface area contributed by atoms with Crippen molar-refractivity contribution in [2.75, 3.05) is 23.7 Å². The SMILES string of the molecule is CCN(CC)c1ccc(-c2nnc(SCCc3ccccc3)o2)cc1. The van der Waals surface area contributed by atoms with E-state index in [1.54, 1.807) is 11.8 Å². The predicted octanol–water partition coefficient (Wildman–Crippen LogP) is 4.92. The molecule has 0 radical (unpaired) electrons. The zero-order chi connectivity index (χ0) is 17.5. The minimum atomic E-state index is 0.577. The number of hydrogen-bond acceptors (Lipinski definition) is 5. The van der Waals surface area contributed by atoms with Crippen molar-refractivity contribution >= 4 is 17.4 Å². The summed E-state index contributed by atoms with van der Waals surface area (Å²) in [4.78, 5) is 2.31. The monoisotopic (exact) mass is 353 g/mol. The molecule has 0 aliphatic carbocycles. The van der Waals surface area contributed by atoms with E-state index < -0.39 is 0 Å². The maximum Gasteiger partial charge on any atom is 0.276 e. The number of aryl methyl sites for hydroxylation is 1. The van der Waals surface area contributed by atoms with Crippen LogP contribution in [0.1, 0.15) is 19.4 Å². The highest BCUT2D eigenvalue weighted by Gasteiger charge is 2.10. The molecule has 0 atom stereocenters. The number of nitrogens with zero attached hydrogens (tertiary/aromatic N) is 3. The van der Waals surface area contributed by atoms with Crippen molar-refractivity contribution in [2.24, 2.45) is 0 Å². The predicted molar refractivity (Wildman–Crippen MR) is 104 cm³/mol. The van der Waals surface area contributed by atoms with Crippen LogP contribution < -0.4 is 4.90 Å². The maximum atomic E-state index is 5.79. The number of benzene rings is 2. The molecule has 0 aliphatic rings. The van der Waals surface area contributed by atoms with Crippen molar-refractivity contribution in [2.45, 2.75) is 25.5 Å². The Bertz CT molecular complexity index is 767. The molecule has 4 nitrogen and oxygen atoms in total. The van der Waals surface area contributed by atoms with Crippen LogP contribution in [0.15, 0.2) is 64.2 Å². The quantitative estimate of drug-likeness (QED) is 0.538. The van der Waals surface area contributed by atoms with Gasteiger partial charge >= 0.3 is 0 Å². The smallest absolute Gasteiger partial charge is 0.276 e. The average Bonchev–Trinajstić information content (AvgIpc) is 3.13. The first-order valence-electron chi connectivity index (χ1n) is 8.65. The lowest BCUT2D eigenvalue weighted by Crippen LogP contribution is -2.21. The summed E-state index contributed by atoms with van der Waals surface area (Å²) in [6.07, 6.45) is 0.988. The molecule has 2 aromatic carbocycles. The van der Waals surface area contributed by atoms with Crippen molar-refractivity contribution in [1.82, 2.24) is 10.2 Å². The summed E-state index contributed by atoms with van der Waals surface area (Å²) in [6.45, 7) is 6.32. The van der Waals surface area contributed by atoms with E-state index in [2.05, 4.69) is 65.3 Å². The van der Waals surface area contributed by atoms with Crippen molar-refractivity contribution < 1.29 is 4.42 Å². The van der Waals surface area contributed by atoms with Crippen LogP contribution in [0.2, 0.25) is 0 Å². The van der Waals surface area contributed by atoms with Gasteiger partial charge in [-0.05, 0) is 50.1 Å². The fraction of sp³-hybridized carbons (Fsp3) is 0.300. The molecule has 0 unspecified atom stereocenters. The Hall–Kier alpha value is -2.27. The lowest BCUT2D eigenvalue weighted by Gasteiger charge is -2.20. The average molecular weight is 353 g/mol. The fourth-order valence-corrected chi connectivity index (χ4v) is 3.44. The lowest BCUT2D eigenvalue weighted by atomic mass is 10.2. The Morgan fingerprint density at radius 1 is 0.920 bits per heavy atom. The van der Waals surface area contributed by atoms with E-state index in [1.807, 2.05) is 18.2 Å². The summed E-state index contributed by atoms with van der Waals surface area (Å²) < 4.78 is 5.79. The first-order valence-corrected chi connectivity index (χ1v) is 9.64. The molecule has 3 rings (SSSR count). The van der Waals surface area contributed by atoms with Crippen LogP contribution in [-0.2, 0) is 6.42 Å². The molecule has 25 heavy (non-hydrogen) atoms. The first-order chi connectivity index (χ1) is 12.3. The maximum absolute atomic E-state index is 5.79. The molecule has 0 saturated heterocycles. The van der Waals surface area contributed by atoms with Gasteiger partial charge in [0.1, 0.15) is 0 Å². The zero-order valence-corrected chi connectivity index (χ0v) is 15.5. The van der Waals surface area contributed by atoms with Gasteiger partial charge in [0.2, 0.25) is 5.89 Å². The van der Waals surface area contributed by atoms with E-state index >= 15 is 0 Å². The van der Waals surface area contributed by atoms with Gasteiger partial charge in [-0.15, -0.1) is 10.2 Å². The highest BCUT2D eigenvalue weighted by atomic mass is 32.2. The van der Waals surface area contributed by atoms with Crippen molar-refractivity contribution in [3.8, 4) is 11.5 Å². The number of aromatic nitrogens is 2. The zero-order valence-electron chi connectivity index (χ0n) is 14.7. The molecular weight excluding hydrogens is 330 g/mol. The van der Waals surface area contributed by atoms with E-state index in [1.165, 1.54) is 11.3 Å². The highest BCUT2D eigenvalue weighted by molar-refractivity contribution is 7.99. The number of hydrogen-bond donors (Lipinski definition) is 0. The van der Waals surface area contributed by atoms with Gasteiger partial charge < -0.3 is 9.32 Å². The van der Waals surface area contributed by atoms with Crippen LogP contribution >= 0.6 is 11.8 Å². The minimum absolute atomic E-state index is 0.577. The molecule has 0 amide bonds. The normalized spacial score (nSPS) is 10.8. The summed E-state index contributed by atoms with van der Waals surface area (Å²) in [5.74, 6) is 1.50. The largest absolute Gasteiger partial charge is 0.411 e. The van der Waals surface area contributed by atoms with Gasteiger partial charge in [-0.2, -0.15) is 0 Å². The van der Waals surface area contributed by atoms with Crippen LogP contribution in [0, 0.1) is 0 Å². The summed E-state index contributed by atoms with van der Waals surface area (Å²) >= 11 is 1.60. The molecule has 0 fully saturated rings. The Kier molecular flexibility index (Phi) is 6.12. The summed E-state index contributed by atoms with van der Waals surface area (Å²) in [6, 6.07) is 18.7. The summed E-state index contributed by atoms with van der Waals surface area (Å²) in [5.41, 5.74) is 3.49. The van der Waals surface area contributed by atoms with E-state index in [0.29, 0.717) is 11.1 Å². The molecule has 1 aromatic heterocycles. The third-order valence-corrected chi connectivity index (χ3v) is 4.93. The molecule has 0 aliphatic heterocycles. The van der Waals surface area contributed by atoms with Gasteiger partial charge in [0, 0.05) is 30.1 Å². The topological polar surface area (TPSA) is 42.2 Å². The fourth-order valence-electron chi connectivity index (χ4n) is 2.69. The second-order valence-electron chi connectivity index (χ2n) is 5.68. The van der Waals surface area contributed by atoms with E-state index in [9.17, 15) is 0 Å². The Morgan fingerprint density at radius 2 is 1.64 bits per heavy atom. The third kappa shape index (κ3) is 4.63. The Balaban J connectivity index is 1.59. The Labute approximate surface area is 153 Å². The Morgan fingerprint density at radius 3 is 2.32 bits per heavy atom.